The van der Waals surface area contributed by atoms with E-state index < -0.39 is 0 Å². The zero-order chi connectivity index (χ0) is 15.2. The smallest absolute Gasteiger partial charge is 0.147 e. The van der Waals surface area contributed by atoms with Crippen LogP contribution in [0.15, 0.2) is 6.07 Å². The van der Waals surface area contributed by atoms with Gasteiger partial charge < -0.3 is 10.6 Å². The van der Waals surface area contributed by atoms with Gasteiger partial charge in [0, 0.05) is 12.6 Å². The van der Waals surface area contributed by atoms with Crippen molar-refractivity contribution >= 4 is 34.8 Å². The van der Waals surface area contributed by atoms with Gasteiger partial charge in [-0.05, 0) is 31.2 Å². The van der Waals surface area contributed by atoms with Gasteiger partial charge in [0.25, 0.3) is 0 Å². The quantitative estimate of drug-likeness (QED) is 0.691. The molecule has 2 unspecified atom stereocenters. The van der Waals surface area contributed by atoms with Gasteiger partial charge in [-0.3, -0.25) is 0 Å². The summed E-state index contributed by atoms with van der Waals surface area (Å²) in [5.74, 6) is 2.11. The third-order valence-corrected chi connectivity index (χ3v) is 4.73. The van der Waals surface area contributed by atoms with Crippen LogP contribution in [0.3, 0.4) is 0 Å². The average molecular weight is 330 g/mol. The predicted molar refractivity (Wildman–Crippen MR) is 92.7 cm³/mol. The molecule has 1 aliphatic carbocycles. The van der Waals surface area contributed by atoms with Crippen molar-refractivity contribution < 1.29 is 0 Å². The highest BCUT2D eigenvalue weighted by Gasteiger charge is 2.21. The molecule has 1 aromatic rings. The van der Waals surface area contributed by atoms with Crippen LogP contribution in [0.1, 0.15) is 52.4 Å². The Morgan fingerprint density at radius 2 is 1.86 bits per heavy atom. The van der Waals surface area contributed by atoms with E-state index >= 15 is 0 Å². The van der Waals surface area contributed by atoms with Crippen LogP contribution < -0.4 is 10.6 Å². The van der Waals surface area contributed by atoms with Crippen LogP contribution in [0.2, 0.25) is 10.0 Å². The van der Waals surface area contributed by atoms with Gasteiger partial charge in [0.05, 0.1) is 10.0 Å². The Labute approximate surface area is 137 Å². The zero-order valence-corrected chi connectivity index (χ0v) is 14.4. The zero-order valence-electron chi connectivity index (χ0n) is 12.9. The van der Waals surface area contributed by atoms with Gasteiger partial charge in [-0.1, -0.05) is 56.3 Å². The molecule has 0 aromatic carbocycles. The summed E-state index contributed by atoms with van der Waals surface area (Å²) >= 11 is 12.5. The molecular formula is C16H25Cl2N3. The first-order valence-electron chi connectivity index (χ1n) is 7.98. The number of nitrogens with one attached hydrogen (secondary N) is 2. The Hall–Kier alpha value is -0.670. The maximum atomic E-state index is 6.31. The topological polar surface area (TPSA) is 37.0 Å². The number of anilines is 2. The molecule has 0 radical (unpaired) electrons. The molecular weight excluding hydrogens is 305 g/mol. The molecule has 2 atom stereocenters. The lowest BCUT2D eigenvalue weighted by Crippen LogP contribution is -2.27. The second kappa shape index (κ2) is 8.09. The summed E-state index contributed by atoms with van der Waals surface area (Å²) in [6, 6.07) is 2.22. The Bertz CT molecular complexity index is 465. The van der Waals surface area contributed by atoms with Crippen molar-refractivity contribution in [2.45, 2.75) is 58.4 Å². The Kier molecular flexibility index (Phi) is 6.43. The molecule has 1 aromatic heterocycles. The van der Waals surface area contributed by atoms with Gasteiger partial charge in [-0.15, -0.1) is 0 Å². The molecule has 1 aliphatic rings. The third kappa shape index (κ3) is 4.65. The largest absolute Gasteiger partial charge is 0.369 e. The fourth-order valence-corrected chi connectivity index (χ4v) is 3.30. The van der Waals surface area contributed by atoms with Crippen LogP contribution in [0, 0.1) is 5.92 Å². The maximum Gasteiger partial charge on any atom is 0.147 e. The lowest BCUT2D eigenvalue weighted by Gasteiger charge is -2.24. The molecule has 0 bridgehead atoms. The van der Waals surface area contributed by atoms with Crippen molar-refractivity contribution in [3.05, 3.63) is 16.1 Å². The molecule has 2 rings (SSSR count). The monoisotopic (exact) mass is 329 g/mol. The number of hydrogen-bond donors (Lipinski definition) is 2. The third-order valence-electron chi connectivity index (χ3n) is 4.16. The number of pyridine rings is 1. The van der Waals surface area contributed by atoms with Crippen molar-refractivity contribution in [2.75, 3.05) is 17.2 Å². The SMILES string of the molecule is CCCNc1nc(NC2CCCCCC2C)c(Cl)cc1Cl. The van der Waals surface area contributed by atoms with Crippen molar-refractivity contribution in [2.24, 2.45) is 5.92 Å². The maximum absolute atomic E-state index is 6.31. The summed E-state index contributed by atoms with van der Waals surface area (Å²) in [5, 5.41) is 7.96. The van der Waals surface area contributed by atoms with Crippen LogP contribution in [0.4, 0.5) is 11.6 Å². The van der Waals surface area contributed by atoms with E-state index in [0.29, 0.717) is 27.8 Å². The summed E-state index contributed by atoms with van der Waals surface area (Å²) in [4.78, 5) is 4.58. The van der Waals surface area contributed by atoms with Gasteiger partial charge in [-0.2, -0.15) is 0 Å². The van der Waals surface area contributed by atoms with Crippen molar-refractivity contribution in [3.8, 4) is 0 Å². The summed E-state index contributed by atoms with van der Waals surface area (Å²) < 4.78 is 0. The molecule has 21 heavy (non-hydrogen) atoms. The van der Waals surface area contributed by atoms with E-state index in [2.05, 4.69) is 29.5 Å². The van der Waals surface area contributed by atoms with Gasteiger partial charge in [0.2, 0.25) is 0 Å². The molecule has 118 valence electrons. The predicted octanol–water partition coefficient (Wildman–Crippen LogP) is 5.59. The van der Waals surface area contributed by atoms with E-state index in [-0.39, 0.29) is 0 Å². The summed E-state index contributed by atoms with van der Waals surface area (Å²) in [7, 11) is 0. The molecule has 2 N–H and O–H groups in total. The Balaban J connectivity index is 2.14. The first-order chi connectivity index (χ1) is 10.1. The molecule has 0 aliphatic heterocycles. The van der Waals surface area contributed by atoms with Crippen LogP contribution >= 0.6 is 23.2 Å². The summed E-state index contributed by atoms with van der Waals surface area (Å²) in [5.41, 5.74) is 0. The summed E-state index contributed by atoms with van der Waals surface area (Å²) in [6.45, 7) is 5.28. The Morgan fingerprint density at radius 1 is 1.14 bits per heavy atom. The van der Waals surface area contributed by atoms with E-state index in [9.17, 15) is 0 Å². The molecule has 1 saturated carbocycles. The highest BCUT2D eigenvalue weighted by molar-refractivity contribution is 6.37. The number of nitrogens with zero attached hydrogens (tertiary/aromatic N) is 1. The van der Waals surface area contributed by atoms with Crippen molar-refractivity contribution in [1.29, 1.82) is 0 Å². The highest BCUT2D eigenvalue weighted by atomic mass is 35.5. The van der Waals surface area contributed by atoms with Crippen LogP contribution in [-0.2, 0) is 0 Å². The van der Waals surface area contributed by atoms with E-state index in [1.54, 1.807) is 6.07 Å². The first kappa shape index (κ1) is 16.7. The number of halogens is 2. The van der Waals surface area contributed by atoms with E-state index in [4.69, 9.17) is 23.2 Å². The van der Waals surface area contributed by atoms with E-state index in [1.165, 1.54) is 32.1 Å². The minimum atomic E-state index is 0.442. The lowest BCUT2D eigenvalue weighted by molar-refractivity contribution is 0.456. The number of hydrogen-bond acceptors (Lipinski definition) is 3. The van der Waals surface area contributed by atoms with E-state index in [1.807, 2.05) is 0 Å². The molecule has 0 amide bonds. The minimum absolute atomic E-state index is 0.442. The van der Waals surface area contributed by atoms with Gasteiger partial charge in [0.15, 0.2) is 0 Å². The molecule has 0 spiro atoms. The second-order valence-corrected chi connectivity index (χ2v) is 6.76. The standard InChI is InChI=1S/C16H25Cl2N3/c1-3-9-19-15-12(17)10-13(18)16(21-15)20-14-8-6-4-5-7-11(14)2/h10-11,14H,3-9H2,1-2H3,(H2,19,20,21). The van der Waals surface area contributed by atoms with E-state index in [0.717, 1.165) is 18.8 Å². The van der Waals surface area contributed by atoms with Gasteiger partial charge in [-0.25, -0.2) is 4.98 Å². The van der Waals surface area contributed by atoms with Gasteiger partial charge >= 0.3 is 0 Å². The van der Waals surface area contributed by atoms with Crippen LogP contribution in [0.5, 0.6) is 0 Å². The molecule has 0 saturated heterocycles. The van der Waals surface area contributed by atoms with Crippen molar-refractivity contribution in [1.82, 2.24) is 4.98 Å². The Morgan fingerprint density at radius 3 is 2.62 bits per heavy atom. The fourth-order valence-electron chi connectivity index (χ4n) is 2.82. The molecule has 1 heterocycles. The molecule has 3 nitrogen and oxygen atoms in total. The summed E-state index contributed by atoms with van der Waals surface area (Å²) in [6.07, 6.45) is 7.40. The fraction of sp³-hybridized carbons (Fsp3) is 0.688. The first-order valence-corrected chi connectivity index (χ1v) is 8.73. The van der Waals surface area contributed by atoms with Crippen molar-refractivity contribution in [3.63, 3.8) is 0 Å². The number of rotatable bonds is 5. The van der Waals surface area contributed by atoms with Crippen LogP contribution in [-0.4, -0.2) is 17.6 Å². The van der Waals surface area contributed by atoms with Gasteiger partial charge in [0.1, 0.15) is 11.6 Å². The normalized spacial score (nSPS) is 22.7. The molecule has 1 fully saturated rings. The highest BCUT2D eigenvalue weighted by Crippen LogP contribution is 2.32. The number of aromatic nitrogens is 1. The minimum Gasteiger partial charge on any atom is -0.369 e. The van der Waals surface area contributed by atoms with Crippen LogP contribution in [0.25, 0.3) is 0 Å². The molecule has 5 heteroatoms. The lowest BCUT2D eigenvalue weighted by atomic mass is 9.97. The second-order valence-electron chi connectivity index (χ2n) is 5.94. The average Bonchev–Trinajstić information content (AvgIpc) is 2.65.